The molecule has 0 saturated heterocycles. The molecule has 1 aromatic carbocycles. The summed E-state index contributed by atoms with van der Waals surface area (Å²) < 4.78 is 1.30. The summed E-state index contributed by atoms with van der Waals surface area (Å²) in [6, 6.07) is 13.8. The summed E-state index contributed by atoms with van der Waals surface area (Å²) in [6.45, 7) is 5.39. The summed E-state index contributed by atoms with van der Waals surface area (Å²) in [4.78, 5) is 2.95. The molecule has 1 atom stereocenters. The SMILES string of the molecule is CCNC(Cc1ccc(CC)s1)c1cccc(I)c1. The number of rotatable bonds is 6. The Hall–Kier alpha value is -0.390. The van der Waals surface area contributed by atoms with Crippen LogP contribution in [0.2, 0.25) is 0 Å². The Morgan fingerprint density at radius 1 is 1.16 bits per heavy atom. The maximum Gasteiger partial charge on any atom is 0.0369 e. The third kappa shape index (κ3) is 4.29. The zero-order chi connectivity index (χ0) is 13.7. The van der Waals surface area contributed by atoms with Crippen molar-refractivity contribution in [1.82, 2.24) is 5.32 Å². The zero-order valence-electron chi connectivity index (χ0n) is 11.4. The van der Waals surface area contributed by atoms with Gasteiger partial charge >= 0.3 is 0 Å². The molecular formula is C16H20INS. The highest BCUT2D eigenvalue weighted by Crippen LogP contribution is 2.25. The van der Waals surface area contributed by atoms with Crippen molar-refractivity contribution in [2.24, 2.45) is 0 Å². The van der Waals surface area contributed by atoms with Crippen LogP contribution in [0.15, 0.2) is 36.4 Å². The number of hydrogen-bond acceptors (Lipinski definition) is 2. The fraction of sp³-hybridized carbons (Fsp3) is 0.375. The van der Waals surface area contributed by atoms with Gasteiger partial charge in [-0.1, -0.05) is 26.0 Å². The van der Waals surface area contributed by atoms with E-state index in [1.807, 2.05) is 11.3 Å². The number of thiophene rings is 1. The van der Waals surface area contributed by atoms with E-state index in [0.29, 0.717) is 6.04 Å². The van der Waals surface area contributed by atoms with E-state index in [-0.39, 0.29) is 0 Å². The first-order valence-electron chi connectivity index (χ1n) is 6.79. The normalized spacial score (nSPS) is 12.6. The summed E-state index contributed by atoms with van der Waals surface area (Å²) in [7, 11) is 0. The van der Waals surface area contributed by atoms with Crippen molar-refractivity contribution >= 4 is 33.9 Å². The summed E-state index contributed by atoms with van der Waals surface area (Å²) in [5.74, 6) is 0. The Kier molecular flexibility index (Phi) is 5.85. The molecule has 0 radical (unpaired) electrons. The molecule has 2 rings (SSSR count). The van der Waals surface area contributed by atoms with Crippen LogP contribution in [0.1, 0.15) is 35.2 Å². The van der Waals surface area contributed by atoms with Gasteiger partial charge in [-0.2, -0.15) is 0 Å². The van der Waals surface area contributed by atoms with Crippen LogP contribution >= 0.6 is 33.9 Å². The molecule has 1 nitrogen and oxygen atoms in total. The van der Waals surface area contributed by atoms with Gasteiger partial charge in [0.2, 0.25) is 0 Å². The van der Waals surface area contributed by atoms with Crippen LogP contribution < -0.4 is 5.32 Å². The second-order valence-electron chi connectivity index (χ2n) is 4.59. The second-order valence-corrected chi connectivity index (χ2v) is 7.09. The first kappa shape index (κ1) is 15.0. The lowest BCUT2D eigenvalue weighted by Gasteiger charge is -2.18. The van der Waals surface area contributed by atoms with E-state index < -0.39 is 0 Å². The highest BCUT2D eigenvalue weighted by Gasteiger charge is 2.12. The van der Waals surface area contributed by atoms with Crippen molar-refractivity contribution < 1.29 is 0 Å². The number of aryl methyl sites for hydroxylation is 1. The molecule has 0 fully saturated rings. The Balaban J connectivity index is 2.15. The number of nitrogens with one attached hydrogen (secondary N) is 1. The van der Waals surface area contributed by atoms with Crippen LogP contribution in [0, 0.1) is 3.57 Å². The van der Waals surface area contributed by atoms with Gasteiger partial charge in [0.15, 0.2) is 0 Å². The second kappa shape index (κ2) is 7.41. The van der Waals surface area contributed by atoms with E-state index in [1.165, 1.54) is 18.9 Å². The highest BCUT2D eigenvalue weighted by molar-refractivity contribution is 14.1. The fourth-order valence-corrected chi connectivity index (χ4v) is 3.77. The summed E-state index contributed by atoms with van der Waals surface area (Å²) in [5.41, 5.74) is 1.39. The van der Waals surface area contributed by atoms with E-state index >= 15 is 0 Å². The van der Waals surface area contributed by atoms with Gasteiger partial charge in [-0.15, -0.1) is 11.3 Å². The fourth-order valence-electron chi connectivity index (χ4n) is 2.20. The predicted molar refractivity (Wildman–Crippen MR) is 93.0 cm³/mol. The van der Waals surface area contributed by atoms with Crippen molar-refractivity contribution in [3.05, 3.63) is 55.3 Å². The molecule has 2 aromatic rings. The average Bonchev–Trinajstić information content (AvgIpc) is 2.86. The number of benzene rings is 1. The van der Waals surface area contributed by atoms with Crippen LogP contribution in [0.25, 0.3) is 0 Å². The monoisotopic (exact) mass is 385 g/mol. The zero-order valence-corrected chi connectivity index (χ0v) is 14.4. The van der Waals surface area contributed by atoms with Crippen molar-refractivity contribution in [2.45, 2.75) is 32.7 Å². The molecule has 0 aliphatic heterocycles. The predicted octanol–water partition coefficient (Wildman–Crippen LogP) is 4.81. The minimum Gasteiger partial charge on any atom is -0.310 e. The lowest BCUT2D eigenvalue weighted by Crippen LogP contribution is -2.22. The van der Waals surface area contributed by atoms with Gasteiger partial charge in [0.05, 0.1) is 0 Å². The number of hydrogen-bond donors (Lipinski definition) is 1. The molecular weight excluding hydrogens is 365 g/mol. The largest absolute Gasteiger partial charge is 0.310 e. The molecule has 1 unspecified atom stereocenters. The van der Waals surface area contributed by atoms with Gasteiger partial charge in [-0.05, 0) is 65.4 Å². The molecule has 0 saturated carbocycles. The molecule has 0 spiro atoms. The minimum absolute atomic E-state index is 0.420. The first-order valence-corrected chi connectivity index (χ1v) is 8.68. The molecule has 102 valence electrons. The van der Waals surface area contributed by atoms with Crippen molar-refractivity contribution in [1.29, 1.82) is 0 Å². The van der Waals surface area contributed by atoms with Crippen molar-refractivity contribution in [3.63, 3.8) is 0 Å². The van der Waals surface area contributed by atoms with Gasteiger partial charge in [0.1, 0.15) is 0 Å². The topological polar surface area (TPSA) is 12.0 Å². The van der Waals surface area contributed by atoms with E-state index in [0.717, 1.165) is 19.4 Å². The summed E-state index contributed by atoms with van der Waals surface area (Å²) in [6.07, 6.45) is 2.22. The van der Waals surface area contributed by atoms with E-state index in [9.17, 15) is 0 Å². The Labute approximate surface area is 133 Å². The molecule has 0 aliphatic carbocycles. The number of halogens is 1. The van der Waals surface area contributed by atoms with Crippen LogP contribution in [0.5, 0.6) is 0 Å². The van der Waals surface area contributed by atoms with Gasteiger partial charge in [-0.3, -0.25) is 0 Å². The van der Waals surface area contributed by atoms with Crippen molar-refractivity contribution in [2.75, 3.05) is 6.54 Å². The van der Waals surface area contributed by atoms with Crippen LogP contribution in [0.4, 0.5) is 0 Å². The summed E-state index contributed by atoms with van der Waals surface area (Å²) >= 11 is 4.33. The standard InChI is InChI=1S/C16H20INS/c1-3-14-8-9-15(19-14)11-16(18-4-2)12-6-5-7-13(17)10-12/h5-10,16,18H,3-4,11H2,1-2H3. The Bertz CT molecular complexity index is 521. The van der Waals surface area contributed by atoms with Crippen molar-refractivity contribution in [3.8, 4) is 0 Å². The highest BCUT2D eigenvalue weighted by atomic mass is 127. The van der Waals surface area contributed by atoms with Crippen LogP contribution in [-0.4, -0.2) is 6.54 Å². The van der Waals surface area contributed by atoms with Gasteiger partial charge < -0.3 is 5.32 Å². The van der Waals surface area contributed by atoms with E-state index in [4.69, 9.17) is 0 Å². The number of likely N-dealkylation sites (N-methyl/N-ethyl adjacent to an activating group) is 1. The maximum atomic E-state index is 3.61. The van der Waals surface area contributed by atoms with Crippen LogP contribution in [0.3, 0.4) is 0 Å². The van der Waals surface area contributed by atoms with E-state index in [2.05, 4.69) is 78.2 Å². The molecule has 3 heteroatoms. The first-order chi connectivity index (χ1) is 9.22. The Morgan fingerprint density at radius 3 is 2.58 bits per heavy atom. The molecule has 0 amide bonds. The molecule has 0 aliphatic rings. The molecule has 19 heavy (non-hydrogen) atoms. The Morgan fingerprint density at radius 2 is 1.95 bits per heavy atom. The van der Waals surface area contributed by atoms with E-state index in [1.54, 1.807) is 0 Å². The minimum atomic E-state index is 0.420. The van der Waals surface area contributed by atoms with Gasteiger partial charge in [-0.25, -0.2) is 0 Å². The van der Waals surface area contributed by atoms with Crippen LogP contribution in [-0.2, 0) is 12.8 Å². The smallest absolute Gasteiger partial charge is 0.0369 e. The lowest BCUT2D eigenvalue weighted by molar-refractivity contribution is 0.553. The summed E-state index contributed by atoms with van der Waals surface area (Å²) in [5, 5.41) is 3.61. The molecule has 0 bridgehead atoms. The maximum absolute atomic E-state index is 3.61. The van der Waals surface area contributed by atoms with Gasteiger partial charge in [0, 0.05) is 25.8 Å². The average molecular weight is 385 g/mol. The third-order valence-electron chi connectivity index (χ3n) is 3.17. The molecule has 1 N–H and O–H groups in total. The quantitative estimate of drug-likeness (QED) is 0.704. The third-order valence-corrected chi connectivity index (χ3v) is 5.10. The molecule has 1 heterocycles. The molecule has 1 aromatic heterocycles. The van der Waals surface area contributed by atoms with Gasteiger partial charge in [0.25, 0.3) is 0 Å². The lowest BCUT2D eigenvalue weighted by atomic mass is 10.0.